The van der Waals surface area contributed by atoms with Crippen molar-refractivity contribution < 1.29 is 28.3 Å². The number of imide groups is 1. The molecule has 4 amide bonds. The topological polar surface area (TPSA) is 98.7 Å². The molecule has 0 bridgehead atoms. The number of thioether (sulfide) groups is 1. The van der Waals surface area contributed by atoms with Gasteiger partial charge in [-0.3, -0.25) is 14.5 Å². The largest absolute Gasteiger partial charge is 0.387 e. The van der Waals surface area contributed by atoms with Crippen LogP contribution in [-0.4, -0.2) is 39.5 Å². The number of hydrogen-bond acceptors (Lipinski definition) is 5. The zero-order valence-electron chi connectivity index (χ0n) is 15.0. The van der Waals surface area contributed by atoms with E-state index in [0.717, 1.165) is 29.5 Å². The summed E-state index contributed by atoms with van der Waals surface area (Å²) in [4.78, 5) is 36.4. The number of rotatable bonds is 6. The van der Waals surface area contributed by atoms with E-state index in [4.69, 9.17) is 0 Å². The van der Waals surface area contributed by atoms with Crippen molar-refractivity contribution in [3.05, 3.63) is 65.2 Å². The van der Waals surface area contributed by atoms with Crippen molar-refractivity contribution in [3.63, 3.8) is 0 Å². The molecule has 10 heteroatoms. The monoisotopic (exact) mass is 421 g/mol. The third kappa shape index (κ3) is 5.30. The summed E-state index contributed by atoms with van der Waals surface area (Å²) in [5.74, 6) is -2.19. The number of aliphatic hydroxyl groups excluding tert-OH is 1. The number of nitrogens with zero attached hydrogens (tertiary/aromatic N) is 1. The Labute approximate surface area is 169 Å². The molecule has 1 atom stereocenters. The number of nitrogens with one attached hydrogen (secondary N) is 2. The molecular formula is C19H17F2N3O4S. The Balaban J connectivity index is 1.49. The number of urea groups is 1. The molecule has 2 aromatic carbocycles. The molecule has 2 aromatic rings. The molecule has 29 heavy (non-hydrogen) atoms. The lowest BCUT2D eigenvalue weighted by Crippen LogP contribution is -2.32. The number of halogens is 2. The van der Waals surface area contributed by atoms with Crippen LogP contribution in [0.3, 0.4) is 0 Å². The highest BCUT2D eigenvalue weighted by molar-refractivity contribution is 8.14. The van der Waals surface area contributed by atoms with Crippen LogP contribution in [0, 0.1) is 11.6 Å². The van der Waals surface area contributed by atoms with Gasteiger partial charge in [0.25, 0.3) is 5.24 Å². The van der Waals surface area contributed by atoms with Crippen molar-refractivity contribution in [2.24, 2.45) is 0 Å². The van der Waals surface area contributed by atoms with E-state index in [1.807, 2.05) is 0 Å². The van der Waals surface area contributed by atoms with Crippen LogP contribution < -0.4 is 10.6 Å². The van der Waals surface area contributed by atoms with E-state index in [0.29, 0.717) is 5.69 Å². The Kier molecular flexibility index (Phi) is 6.45. The fourth-order valence-electron chi connectivity index (χ4n) is 2.61. The molecule has 1 fully saturated rings. The number of anilines is 1. The molecule has 3 rings (SSSR count). The van der Waals surface area contributed by atoms with E-state index >= 15 is 0 Å². The highest BCUT2D eigenvalue weighted by Gasteiger charge is 2.29. The first kappa shape index (κ1) is 20.7. The third-order valence-corrected chi connectivity index (χ3v) is 5.04. The summed E-state index contributed by atoms with van der Waals surface area (Å²) in [5, 5.41) is 14.7. The molecule has 0 radical (unpaired) electrons. The second kappa shape index (κ2) is 9.01. The van der Waals surface area contributed by atoms with Gasteiger partial charge >= 0.3 is 6.03 Å². The second-order valence-corrected chi connectivity index (χ2v) is 7.18. The molecular weight excluding hydrogens is 404 g/mol. The van der Waals surface area contributed by atoms with Gasteiger partial charge in [-0.1, -0.05) is 30.0 Å². The molecule has 1 aliphatic rings. The molecule has 1 saturated heterocycles. The van der Waals surface area contributed by atoms with E-state index in [2.05, 4.69) is 10.6 Å². The second-order valence-electron chi connectivity index (χ2n) is 6.26. The lowest BCUT2D eigenvalue weighted by Gasteiger charge is -2.14. The van der Waals surface area contributed by atoms with Crippen LogP contribution in [0.5, 0.6) is 0 Å². The van der Waals surface area contributed by atoms with Crippen molar-refractivity contribution in [2.45, 2.75) is 12.6 Å². The summed E-state index contributed by atoms with van der Waals surface area (Å²) in [6.45, 7) is -0.0383. The van der Waals surface area contributed by atoms with Gasteiger partial charge < -0.3 is 15.7 Å². The first-order valence-electron chi connectivity index (χ1n) is 8.57. The third-order valence-electron chi connectivity index (χ3n) is 4.18. The van der Waals surface area contributed by atoms with Gasteiger partial charge in [-0.25, -0.2) is 13.6 Å². The lowest BCUT2D eigenvalue weighted by molar-refractivity contribution is -0.125. The van der Waals surface area contributed by atoms with Crippen molar-refractivity contribution >= 4 is 34.6 Å². The van der Waals surface area contributed by atoms with Crippen molar-refractivity contribution in [2.75, 3.05) is 17.6 Å². The summed E-state index contributed by atoms with van der Waals surface area (Å²) in [7, 11) is 0. The lowest BCUT2D eigenvalue weighted by atomic mass is 10.1. The summed E-state index contributed by atoms with van der Waals surface area (Å²) in [6.07, 6.45) is -1.20. The molecule has 1 aliphatic heterocycles. The summed E-state index contributed by atoms with van der Waals surface area (Å²) < 4.78 is 26.1. The van der Waals surface area contributed by atoms with Gasteiger partial charge in [-0.05, 0) is 35.4 Å². The maximum absolute atomic E-state index is 13.2. The quantitative estimate of drug-likeness (QED) is 0.666. The minimum Gasteiger partial charge on any atom is -0.387 e. The van der Waals surface area contributed by atoms with Gasteiger partial charge in [-0.2, -0.15) is 0 Å². The number of aliphatic hydroxyl groups is 1. The van der Waals surface area contributed by atoms with Gasteiger partial charge in [0.05, 0.1) is 18.4 Å². The molecule has 1 unspecified atom stereocenters. The number of carbonyl (C=O) groups is 3. The van der Waals surface area contributed by atoms with Crippen molar-refractivity contribution in [1.82, 2.24) is 10.2 Å². The molecule has 0 aliphatic carbocycles. The fourth-order valence-corrected chi connectivity index (χ4v) is 3.34. The standard InChI is InChI=1S/C19H17F2N3O4S/c20-14-6-3-12(7-15(14)21)16(25)8-22-18(27)23-13-4-1-11(2-5-13)9-24-17(26)10-29-19(24)28/h1-7,16,25H,8-10H2,(H2,22,23,27). The smallest absolute Gasteiger partial charge is 0.319 e. The number of carbonyl (C=O) groups excluding carboxylic acids is 3. The van der Waals surface area contributed by atoms with E-state index in [9.17, 15) is 28.3 Å². The molecule has 152 valence electrons. The maximum atomic E-state index is 13.2. The minimum atomic E-state index is -1.20. The molecule has 1 heterocycles. The summed E-state index contributed by atoms with van der Waals surface area (Å²) >= 11 is 0.964. The van der Waals surface area contributed by atoms with Crippen LogP contribution in [0.25, 0.3) is 0 Å². The highest BCUT2D eigenvalue weighted by Crippen LogP contribution is 2.22. The Hall–Kier alpha value is -2.98. The maximum Gasteiger partial charge on any atom is 0.319 e. The molecule has 3 N–H and O–H groups in total. The van der Waals surface area contributed by atoms with Crippen LogP contribution in [0.2, 0.25) is 0 Å². The van der Waals surface area contributed by atoms with Crippen LogP contribution in [0.4, 0.5) is 24.1 Å². The number of benzene rings is 2. The van der Waals surface area contributed by atoms with E-state index < -0.39 is 23.8 Å². The predicted molar refractivity (Wildman–Crippen MR) is 103 cm³/mol. The zero-order chi connectivity index (χ0) is 21.0. The van der Waals surface area contributed by atoms with Gasteiger partial charge in [0.2, 0.25) is 5.91 Å². The number of hydrogen-bond donors (Lipinski definition) is 3. The fraction of sp³-hybridized carbons (Fsp3) is 0.211. The van der Waals surface area contributed by atoms with Gasteiger partial charge in [-0.15, -0.1) is 0 Å². The Morgan fingerprint density at radius 3 is 2.48 bits per heavy atom. The highest BCUT2D eigenvalue weighted by atomic mass is 32.2. The predicted octanol–water partition coefficient (Wildman–Crippen LogP) is 3.02. The SMILES string of the molecule is O=C(NCC(O)c1ccc(F)c(F)c1)Nc1ccc(CN2C(=O)CSC2=O)cc1. The van der Waals surface area contributed by atoms with E-state index in [-0.39, 0.29) is 35.6 Å². The Bertz CT molecular complexity index is 924. The van der Waals surface area contributed by atoms with Crippen LogP contribution in [0.1, 0.15) is 17.2 Å². The first-order valence-corrected chi connectivity index (χ1v) is 9.56. The van der Waals surface area contributed by atoms with Gasteiger partial charge in [0, 0.05) is 12.2 Å². The Morgan fingerprint density at radius 1 is 1.14 bits per heavy atom. The molecule has 0 spiro atoms. The summed E-state index contributed by atoms with van der Waals surface area (Å²) in [5.41, 5.74) is 1.33. The minimum absolute atomic E-state index is 0.137. The average Bonchev–Trinajstić information content (AvgIpc) is 3.01. The van der Waals surface area contributed by atoms with Crippen LogP contribution >= 0.6 is 11.8 Å². The van der Waals surface area contributed by atoms with Crippen molar-refractivity contribution in [1.29, 1.82) is 0 Å². The molecule has 7 nitrogen and oxygen atoms in total. The molecule has 0 aromatic heterocycles. The normalized spacial score (nSPS) is 14.8. The van der Waals surface area contributed by atoms with Crippen LogP contribution in [0.15, 0.2) is 42.5 Å². The zero-order valence-corrected chi connectivity index (χ0v) is 15.8. The Morgan fingerprint density at radius 2 is 1.86 bits per heavy atom. The number of amides is 4. The first-order chi connectivity index (χ1) is 13.8. The van der Waals surface area contributed by atoms with Crippen molar-refractivity contribution in [3.8, 4) is 0 Å². The molecule has 0 saturated carbocycles. The van der Waals surface area contributed by atoms with E-state index in [1.165, 1.54) is 11.0 Å². The van der Waals surface area contributed by atoms with E-state index in [1.54, 1.807) is 24.3 Å². The average molecular weight is 421 g/mol. The summed E-state index contributed by atoms with van der Waals surface area (Å²) in [6, 6.07) is 8.98. The van der Waals surface area contributed by atoms with Crippen LogP contribution in [-0.2, 0) is 11.3 Å². The van der Waals surface area contributed by atoms with Gasteiger partial charge in [0.15, 0.2) is 11.6 Å². The van der Waals surface area contributed by atoms with Gasteiger partial charge in [0.1, 0.15) is 0 Å².